The summed E-state index contributed by atoms with van der Waals surface area (Å²) in [4.78, 5) is 85.9. The number of anilines is 1. The number of primary amides is 1. The fourth-order valence-electron chi connectivity index (χ4n) is 6.91. The number of nitrogens with one attached hydrogen (secondary N) is 1. The summed E-state index contributed by atoms with van der Waals surface area (Å²) < 4.78 is 63.8. The number of pyridine rings is 1. The molecule has 0 radical (unpaired) electrons. The van der Waals surface area contributed by atoms with Crippen LogP contribution in [0.15, 0.2) is 50.4 Å². The number of nitrogens with two attached hydrogens (primary N) is 1. The molecule has 25 heteroatoms. The van der Waals surface area contributed by atoms with E-state index in [1.165, 1.54) is 24.6 Å². The van der Waals surface area contributed by atoms with Crippen LogP contribution in [-0.4, -0.2) is 121 Å². The third-order valence-electron chi connectivity index (χ3n) is 10.1. The summed E-state index contributed by atoms with van der Waals surface area (Å²) in [7, 11) is 1.28. The number of esters is 1. The van der Waals surface area contributed by atoms with Crippen molar-refractivity contribution in [2.45, 2.75) is 66.2 Å². The van der Waals surface area contributed by atoms with E-state index >= 15 is 0 Å². The van der Waals surface area contributed by atoms with Crippen LogP contribution in [0.2, 0.25) is 0 Å². The van der Waals surface area contributed by atoms with E-state index < -0.39 is 35.8 Å². The number of allylic oxidation sites excluding steroid dienone is 2. The van der Waals surface area contributed by atoms with Crippen molar-refractivity contribution in [3.05, 3.63) is 87.2 Å². The van der Waals surface area contributed by atoms with Crippen molar-refractivity contribution >= 4 is 68.3 Å². The number of imidazole rings is 1. The first-order valence-corrected chi connectivity index (χ1v) is 21.9. The number of rotatable bonds is 16. The number of halogens is 3. The molecule has 0 unspecified atom stereocenters. The number of amides is 3. The molecule has 1 aliphatic heterocycles. The molecular weight excluding hydrogens is 922 g/mol. The monoisotopic (exact) mass is 968 g/mol. The molecule has 362 valence electrons. The van der Waals surface area contributed by atoms with E-state index in [1.54, 1.807) is 41.2 Å². The van der Waals surface area contributed by atoms with Gasteiger partial charge in [0.1, 0.15) is 11.3 Å². The Morgan fingerprint density at radius 3 is 2.19 bits per heavy atom. The molecule has 1 fully saturated rings. The van der Waals surface area contributed by atoms with Crippen LogP contribution in [0.3, 0.4) is 0 Å². The lowest BCUT2D eigenvalue weighted by atomic mass is 10.1. The van der Waals surface area contributed by atoms with Crippen LogP contribution in [0.5, 0.6) is 5.75 Å². The maximum atomic E-state index is 13.7. The molecule has 0 bridgehead atoms. The van der Waals surface area contributed by atoms with Crippen molar-refractivity contribution in [2.75, 3.05) is 51.9 Å². The van der Waals surface area contributed by atoms with Crippen LogP contribution in [0.4, 0.5) is 19.1 Å². The summed E-state index contributed by atoms with van der Waals surface area (Å²) in [6.45, 7) is 11.6. The first-order chi connectivity index (χ1) is 32.4. The number of oxazole rings is 2. The van der Waals surface area contributed by atoms with E-state index in [2.05, 4.69) is 30.2 Å². The Bertz CT molecular complexity index is 2940. The van der Waals surface area contributed by atoms with Crippen LogP contribution in [0, 0.1) is 13.8 Å². The number of carboxylic acids is 1. The zero-order valence-corrected chi connectivity index (χ0v) is 38.3. The second-order valence-corrected chi connectivity index (χ2v) is 15.8. The topological polar surface area (TPSA) is 275 Å². The highest BCUT2D eigenvalue weighted by Crippen LogP contribution is 2.32. The van der Waals surface area contributed by atoms with Crippen LogP contribution >= 0.6 is 11.3 Å². The molecule has 5 aromatic heterocycles. The van der Waals surface area contributed by atoms with E-state index in [4.69, 9.17) is 43.7 Å². The van der Waals surface area contributed by atoms with Gasteiger partial charge in [-0.2, -0.15) is 18.2 Å². The average molecular weight is 969 g/mol. The van der Waals surface area contributed by atoms with Crippen molar-refractivity contribution < 1.29 is 65.3 Å². The van der Waals surface area contributed by atoms with Crippen LogP contribution in [0.1, 0.15) is 85.3 Å². The number of benzene rings is 1. The molecule has 1 saturated heterocycles. The van der Waals surface area contributed by atoms with Crippen LogP contribution in [-0.2, 0) is 40.2 Å². The van der Waals surface area contributed by atoms with Gasteiger partial charge in [0.2, 0.25) is 23.4 Å². The number of fused-ring (bicyclic) bond motifs is 2. The van der Waals surface area contributed by atoms with Crippen molar-refractivity contribution in [2.24, 2.45) is 10.7 Å². The first-order valence-electron chi connectivity index (χ1n) is 21.0. The number of carboxylic acid groups (broad SMARTS) is 1. The summed E-state index contributed by atoms with van der Waals surface area (Å²) in [5.41, 5.74) is 8.52. The summed E-state index contributed by atoms with van der Waals surface area (Å²) in [5.74, 6) is -3.82. The number of ether oxygens (including phenoxy) is 3. The number of morpholine rings is 1. The molecule has 4 N–H and O–H groups in total. The molecule has 0 saturated carbocycles. The third-order valence-corrected chi connectivity index (χ3v) is 11.1. The quantitative estimate of drug-likeness (QED) is 0.0651. The van der Waals surface area contributed by atoms with Gasteiger partial charge in [0.05, 0.1) is 54.1 Å². The van der Waals surface area contributed by atoms with Gasteiger partial charge in [-0.25, -0.2) is 29.5 Å². The van der Waals surface area contributed by atoms with Gasteiger partial charge in [-0.05, 0) is 37.5 Å². The zero-order valence-electron chi connectivity index (χ0n) is 37.5. The fraction of sp³-hybridized carbons (Fsp3) is 0.395. The molecular formula is C43H47F3N10O11S. The van der Waals surface area contributed by atoms with E-state index in [1.807, 2.05) is 26.0 Å². The second-order valence-electron chi connectivity index (χ2n) is 14.8. The Morgan fingerprint density at radius 2 is 1.57 bits per heavy atom. The molecule has 6 heterocycles. The molecule has 0 atom stereocenters. The number of carbonyl (C=O) groups is 5. The highest BCUT2D eigenvalue weighted by Gasteiger charge is 2.38. The predicted molar refractivity (Wildman–Crippen MR) is 236 cm³/mol. The van der Waals surface area contributed by atoms with Crippen molar-refractivity contribution in [3.8, 4) is 5.75 Å². The van der Waals surface area contributed by atoms with Gasteiger partial charge in [0.25, 0.3) is 5.91 Å². The van der Waals surface area contributed by atoms with Gasteiger partial charge in [0.15, 0.2) is 22.2 Å². The standard InChI is InChI=1S/C41H46N10O9S.C2HF3O2/c1-6-27-33(59-23(3)44-27)37(53)47-40-46-29-19-25(35(42)52)20-30(58-16-10-11-49-14-17-57-18-15-49)32(29)50(40)12-8-9-13-51-36-31(21-26(22-43-36)39(55)56-5)61-41(51)48-38(54)34-28(7-2)45-24(4)60-34;3-2(4,5)1(6)7/h8-9,19-22H,6-7,10-18H2,1-5H3,(H2,42,52)(H,46,47,53);(H,6,7)/b9-8+,48-41?;. The van der Waals surface area contributed by atoms with Gasteiger partial charge in [-0.3, -0.25) is 29.2 Å². The predicted octanol–water partition coefficient (Wildman–Crippen LogP) is 5.03. The van der Waals surface area contributed by atoms with E-state index in [0.29, 0.717) is 94.2 Å². The molecule has 1 aromatic carbocycles. The molecule has 68 heavy (non-hydrogen) atoms. The molecule has 21 nitrogen and oxygen atoms in total. The number of carbonyl (C=O) groups excluding carboxylic acids is 4. The Hall–Kier alpha value is -7.25. The number of aryl methyl sites for hydroxylation is 4. The van der Waals surface area contributed by atoms with E-state index in [9.17, 15) is 32.3 Å². The Morgan fingerprint density at radius 1 is 0.941 bits per heavy atom. The Labute approximate surface area is 388 Å². The van der Waals surface area contributed by atoms with Gasteiger partial charge in [-0.1, -0.05) is 37.3 Å². The SMILES string of the molecule is CCc1nc(C)oc1C(=O)N=c1sc2cc(C(=O)OC)cnc2n1C/C=C/Cn1c(NC(=O)c2oc(C)nc2CC)nc2cc(C(N)=O)cc(OCCCN3CCOCC3)c21.O=C(O)C(F)(F)F. The number of aromatic nitrogens is 6. The normalized spacial score (nSPS) is 13.5. The maximum Gasteiger partial charge on any atom is 0.490 e. The summed E-state index contributed by atoms with van der Waals surface area (Å²) in [5, 5.41) is 10.0. The van der Waals surface area contributed by atoms with Gasteiger partial charge < -0.3 is 38.5 Å². The Kier molecular flexibility index (Phi) is 16.3. The number of thiazole rings is 1. The number of methoxy groups -OCH3 is 1. The highest BCUT2D eigenvalue weighted by atomic mass is 32.1. The van der Waals surface area contributed by atoms with E-state index in [0.717, 1.165) is 19.6 Å². The zero-order chi connectivity index (χ0) is 49.3. The van der Waals surface area contributed by atoms with Gasteiger partial charge in [-0.15, -0.1) is 0 Å². The molecule has 0 spiro atoms. The highest BCUT2D eigenvalue weighted by molar-refractivity contribution is 7.16. The second kappa shape index (κ2) is 22.0. The number of nitrogens with zero attached hydrogens (tertiary/aromatic N) is 8. The van der Waals surface area contributed by atoms with Crippen LogP contribution in [0.25, 0.3) is 21.4 Å². The summed E-state index contributed by atoms with van der Waals surface area (Å²) in [6.07, 6.45) is 1.65. The van der Waals surface area contributed by atoms with Gasteiger partial charge in [0, 0.05) is 58.3 Å². The molecule has 1 aliphatic rings. The number of hydrogen-bond donors (Lipinski definition) is 3. The van der Waals surface area contributed by atoms with E-state index in [-0.39, 0.29) is 41.7 Å². The number of aliphatic carboxylic acids is 1. The van der Waals surface area contributed by atoms with Crippen LogP contribution < -0.4 is 20.6 Å². The minimum Gasteiger partial charge on any atom is -0.491 e. The summed E-state index contributed by atoms with van der Waals surface area (Å²) in [6, 6.07) is 4.76. The lowest BCUT2D eigenvalue weighted by Gasteiger charge is -2.26. The smallest absolute Gasteiger partial charge is 0.490 e. The third kappa shape index (κ3) is 12.0. The minimum atomic E-state index is -5.08. The lowest BCUT2D eigenvalue weighted by Crippen LogP contribution is -2.37. The molecule has 3 amide bonds. The summed E-state index contributed by atoms with van der Waals surface area (Å²) >= 11 is 1.17. The minimum absolute atomic E-state index is 0.0504. The number of hydrogen-bond acceptors (Lipinski definition) is 16. The maximum absolute atomic E-state index is 13.7. The average Bonchev–Trinajstić information content (AvgIpc) is 4.08. The first kappa shape index (κ1) is 50.2. The number of alkyl halides is 3. The molecule has 0 aliphatic carbocycles. The van der Waals surface area contributed by atoms with Crippen molar-refractivity contribution in [1.82, 2.24) is 34.0 Å². The fourth-order valence-corrected chi connectivity index (χ4v) is 7.94. The van der Waals surface area contributed by atoms with Gasteiger partial charge >= 0.3 is 24.0 Å². The molecule has 6 aromatic rings. The van der Waals surface area contributed by atoms with Crippen molar-refractivity contribution in [3.63, 3.8) is 0 Å². The Balaban J connectivity index is 0.00000101. The largest absolute Gasteiger partial charge is 0.491 e. The molecule has 7 rings (SSSR count). The van der Waals surface area contributed by atoms with Crippen molar-refractivity contribution in [1.29, 1.82) is 0 Å². The lowest BCUT2D eigenvalue weighted by molar-refractivity contribution is -0.192.